The highest BCUT2D eigenvalue weighted by atomic mass is 127. The van der Waals surface area contributed by atoms with Crippen LogP contribution < -0.4 is 0 Å². The largest absolute Gasteiger partial charge is 0.387 e. The summed E-state index contributed by atoms with van der Waals surface area (Å²) in [5.41, 5.74) is 1.60. The maximum atomic E-state index is 9.61. The van der Waals surface area contributed by atoms with Gasteiger partial charge in [-0.05, 0) is 41.1 Å². The van der Waals surface area contributed by atoms with Crippen molar-refractivity contribution in [3.8, 4) is 5.69 Å². The highest BCUT2D eigenvalue weighted by Crippen LogP contribution is 2.15. The van der Waals surface area contributed by atoms with E-state index in [4.69, 9.17) is 0 Å². The van der Waals surface area contributed by atoms with Crippen LogP contribution in [0.15, 0.2) is 30.7 Å². The Bertz CT molecular complexity index is 466. The van der Waals surface area contributed by atoms with Crippen molar-refractivity contribution in [2.45, 2.75) is 19.4 Å². The molecule has 84 valence electrons. The van der Waals surface area contributed by atoms with Gasteiger partial charge in [-0.1, -0.05) is 6.92 Å². The fourth-order valence-electron chi connectivity index (χ4n) is 1.38. The minimum atomic E-state index is -0.480. The molecule has 4 nitrogen and oxygen atoms in total. The molecule has 2 aromatic heterocycles. The van der Waals surface area contributed by atoms with Crippen LogP contribution in [0.4, 0.5) is 0 Å². The van der Waals surface area contributed by atoms with Crippen LogP contribution in [0.1, 0.15) is 25.1 Å². The Morgan fingerprint density at radius 3 is 2.75 bits per heavy atom. The van der Waals surface area contributed by atoms with Gasteiger partial charge >= 0.3 is 0 Å². The van der Waals surface area contributed by atoms with E-state index in [1.54, 1.807) is 17.1 Å². The smallest absolute Gasteiger partial charge is 0.0957 e. The fraction of sp³-hybridized carbons (Fsp3) is 0.273. The number of aliphatic hydroxyl groups excluding tert-OH is 1. The van der Waals surface area contributed by atoms with E-state index in [0.717, 1.165) is 9.26 Å². The molecule has 16 heavy (non-hydrogen) atoms. The van der Waals surface area contributed by atoms with E-state index in [-0.39, 0.29) is 0 Å². The highest BCUT2D eigenvalue weighted by molar-refractivity contribution is 14.1. The molecule has 5 heteroatoms. The monoisotopic (exact) mass is 329 g/mol. The van der Waals surface area contributed by atoms with Gasteiger partial charge in [-0.25, -0.2) is 4.68 Å². The highest BCUT2D eigenvalue weighted by Gasteiger charge is 2.06. The third-order valence-corrected chi connectivity index (χ3v) is 2.87. The zero-order valence-electron chi connectivity index (χ0n) is 8.84. The lowest BCUT2D eigenvalue weighted by Gasteiger charge is -2.07. The van der Waals surface area contributed by atoms with E-state index in [0.29, 0.717) is 12.1 Å². The third kappa shape index (κ3) is 2.41. The number of aliphatic hydroxyl groups is 1. The van der Waals surface area contributed by atoms with Crippen molar-refractivity contribution in [1.29, 1.82) is 0 Å². The Hall–Kier alpha value is -0.950. The van der Waals surface area contributed by atoms with Crippen LogP contribution in [0, 0.1) is 3.57 Å². The van der Waals surface area contributed by atoms with E-state index >= 15 is 0 Å². The summed E-state index contributed by atoms with van der Waals surface area (Å²) in [7, 11) is 0. The molecule has 0 saturated carbocycles. The molecule has 0 unspecified atom stereocenters. The molecule has 0 aliphatic carbocycles. The van der Waals surface area contributed by atoms with Crippen LogP contribution >= 0.6 is 22.6 Å². The van der Waals surface area contributed by atoms with Gasteiger partial charge in [0.05, 0.1) is 33.4 Å². The van der Waals surface area contributed by atoms with Gasteiger partial charge in [-0.2, -0.15) is 5.10 Å². The summed E-state index contributed by atoms with van der Waals surface area (Å²) < 4.78 is 2.84. The first-order valence-electron chi connectivity index (χ1n) is 5.05. The van der Waals surface area contributed by atoms with Gasteiger partial charge in [0.25, 0.3) is 0 Å². The van der Waals surface area contributed by atoms with Crippen LogP contribution in [0.3, 0.4) is 0 Å². The summed E-state index contributed by atoms with van der Waals surface area (Å²) in [6.07, 6.45) is 5.62. The molecule has 1 N–H and O–H groups in total. The molecule has 0 spiro atoms. The number of hydrogen-bond acceptors (Lipinski definition) is 3. The zero-order valence-corrected chi connectivity index (χ0v) is 11.0. The molecule has 0 fully saturated rings. The predicted octanol–water partition coefficient (Wildman–Crippen LogP) is 2.32. The van der Waals surface area contributed by atoms with Gasteiger partial charge in [-0.3, -0.25) is 4.98 Å². The number of hydrogen-bond donors (Lipinski definition) is 1. The number of halogens is 1. The van der Waals surface area contributed by atoms with Crippen LogP contribution in [0.25, 0.3) is 5.69 Å². The first-order chi connectivity index (χ1) is 7.70. The Morgan fingerprint density at radius 1 is 1.44 bits per heavy atom. The summed E-state index contributed by atoms with van der Waals surface area (Å²) in [6.45, 7) is 1.93. The second kappa shape index (κ2) is 4.92. The topological polar surface area (TPSA) is 50.9 Å². The first-order valence-corrected chi connectivity index (χ1v) is 6.13. The standard InChI is InChI=1S/C11H12IN3O/c1-2-11(16)10-4-3-9(6-13-10)15-7-8(12)5-14-15/h3-7,11,16H,2H2,1H3/t11-/m1/s1. The van der Waals surface area contributed by atoms with Gasteiger partial charge < -0.3 is 5.11 Å². The first kappa shape index (κ1) is 11.5. The van der Waals surface area contributed by atoms with E-state index in [1.165, 1.54) is 0 Å². The minimum Gasteiger partial charge on any atom is -0.387 e. The van der Waals surface area contributed by atoms with Gasteiger partial charge in [0.15, 0.2) is 0 Å². The maximum Gasteiger partial charge on any atom is 0.0957 e. The Balaban J connectivity index is 2.25. The van der Waals surface area contributed by atoms with Crippen LogP contribution in [-0.2, 0) is 0 Å². The van der Waals surface area contributed by atoms with E-state index in [1.807, 2.05) is 25.3 Å². The normalized spacial score (nSPS) is 12.7. The molecule has 0 saturated heterocycles. The summed E-state index contributed by atoms with van der Waals surface area (Å²) in [4.78, 5) is 4.22. The van der Waals surface area contributed by atoms with Crippen LogP contribution in [0.5, 0.6) is 0 Å². The van der Waals surface area contributed by atoms with Crippen molar-refractivity contribution in [1.82, 2.24) is 14.8 Å². The summed E-state index contributed by atoms with van der Waals surface area (Å²) in [5, 5.41) is 13.8. The summed E-state index contributed by atoms with van der Waals surface area (Å²) >= 11 is 2.21. The number of aromatic nitrogens is 3. The molecule has 0 bridgehead atoms. The minimum absolute atomic E-state index is 0.480. The van der Waals surface area contributed by atoms with Crippen LogP contribution in [-0.4, -0.2) is 19.9 Å². The number of nitrogens with zero attached hydrogens (tertiary/aromatic N) is 3. The van der Waals surface area contributed by atoms with Crippen molar-refractivity contribution >= 4 is 22.6 Å². The summed E-state index contributed by atoms with van der Waals surface area (Å²) in [5.74, 6) is 0. The molecule has 0 amide bonds. The van der Waals surface area contributed by atoms with Crippen LogP contribution in [0.2, 0.25) is 0 Å². The van der Waals surface area contributed by atoms with E-state index < -0.39 is 6.10 Å². The summed E-state index contributed by atoms with van der Waals surface area (Å²) in [6, 6.07) is 3.74. The number of rotatable bonds is 3. The lowest BCUT2D eigenvalue weighted by molar-refractivity contribution is 0.169. The maximum absolute atomic E-state index is 9.61. The average molecular weight is 329 g/mol. The SMILES string of the molecule is CC[C@@H](O)c1ccc(-n2cc(I)cn2)cn1. The second-order valence-corrected chi connectivity index (χ2v) is 4.71. The fourth-order valence-corrected chi connectivity index (χ4v) is 1.77. The van der Waals surface area contributed by atoms with Crippen molar-refractivity contribution < 1.29 is 5.11 Å². The van der Waals surface area contributed by atoms with Gasteiger partial charge in [0.2, 0.25) is 0 Å². The zero-order chi connectivity index (χ0) is 11.5. The lowest BCUT2D eigenvalue weighted by Crippen LogP contribution is -2.01. The second-order valence-electron chi connectivity index (χ2n) is 3.47. The Morgan fingerprint density at radius 2 is 2.25 bits per heavy atom. The third-order valence-electron chi connectivity index (χ3n) is 2.31. The van der Waals surface area contributed by atoms with Crippen molar-refractivity contribution in [3.63, 3.8) is 0 Å². The average Bonchev–Trinajstić information content (AvgIpc) is 2.75. The molecule has 2 rings (SSSR count). The van der Waals surface area contributed by atoms with E-state index in [9.17, 15) is 5.11 Å². The van der Waals surface area contributed by atoms with Crippen molar-refractivity contribution in [2.75, 3.05) is 0 Å². The molecule has 0 aliphatic heterocycles. The van der Waals surface area contributed by atoms with Crippen molar-refractivity contribution in [3.05, 3.63) is 40.0 Å². The molecule has 2 aromatic rings. The Labute approximate surface area is 107 Å². The molecule has 0 radical (unpaired) electrons. The molecule has 2 heterocycles. The molecule has 1 atom stereocenters. The van der Waals surface area contributed by atoms with Crippen molar-refractivity contribution in [2.24, 2.45) is 0 Å². The molecule has 0 aromatic carbocycles. The quantitative estimate of drug-likeness (QED) is 0.880. The molecule has 0 aliphatic rings. The Kier molecular flexibility index (Phi) is 3.55. The van der Waals surface area contributed by atoms with Gasteiger partial charge in [0, 0.05) is 6.20 Å². The molecular formula is C11H12IN3O. The number of pyridine rings is 1. The predicted molar refractivity (Wildman–Crippen MR) is 69.3 cm³/mol. The van der Waals surface area contributed by atoms with E-state index in [2.05, 4.69) is 32.7 Å². The van der Waals surface area contributed by atoms with Gasteiger partial charge in [0.1, 0.15) is 0 Å². The van der Waals surface area contributed by atoms with Gasteiger partial charge in [-0.15, -0.1) is 0 Å². The lowest BCUT2D eigenvalue weighted by atomic mass is 10.2. The molecular weight excluding hydrogens is 317 g/mol.